The summed E-state index contributed by atoms with van der Waals surface area (Å²) in [6.45, 7) is 4.88. The normalized spacial score (nSPS) is 12.8. The van der Waals surface area contributed by atoms with Gasteiger partial charge in [0.25, 0.3) is 0 Å². The van der Waals surface area contributed by atoms with E-state index in [-0.39, 0.29) is 18.5 Å². The first-order valence-corrected chi connectivity index (χ1v) is 27.1. The number of ether oxygens (including phenoxy) is 1. The third kappa shape index (κ3) is 47.7. The molecule has 0 aliphatic rings. The van der Waals surface area contributed by atoms with Crippen molar-refractivity contribution < 1.29 is 24.5 Å². The van der Waals surface area contributed by atoms with E-state index in [0.717, 1.165) is 64.2 Å². The third-order valence-electron chi connectivity index (χ3n) is 12.5. The number of hydrogen-bond donors (Lipinski definition) is 3. The molecule has 0 aromatic rings. The Morgan fingerprint density at radius 2 is 0.770 bits per heavy atom. The first kappa shape index (κ1) is 59.3. The highest BCUT2D eigenvalue weighted by molar-refractivity contribution is 5.76. The van der Waals surface area contributed by atoms with Crippen molar-refractivity contribution in [2.24, 2.45) is 0 Å². The van der Waals surface area contributed by atoms with Crippen LogP contribution in [0.2, 0.25) is 0 Å². The molecule has 0 aliphatic heterocycles. The molecule has 3 N–H and O–H groups in total. The van der Waals surface area contributed by atoms with E-state index in [2.05, 4.69) is 31.3 Å². The smallest absolute Gasteiger partial charge is 0.305 e. The maximum absolute atomic E-state index is 12.4. The molecule has 0 aliphatic carbocycles. The Kier molecular flexibility index (Phi) is 49.6. The summed E-state index contributed by atoms with van der Waals surface area (Å²) in [7, 11) is 0. The number of carbonyl (C=O) groups excluding carboxylic acids is 2. The van der Waals surface area contributed by atoms with Crippen LogP contribution in [-0.2, 0) is 14.3 Å². The zero-order chi connectivity index (χ0) is 44.4. The number of rotatable bonds is 50. The maximum Gasteiger partial charge on any atom is 0.305 e. The van der Waals surface area contributed by atoms with Gasteiger partial charge in [-0.25, -0.2) is 0 Å². The highest BCUT2D eigenvalue weighted by Gasteiger charge is 2.18. The second-order valence-electron chi connectivity index (χ2n) is 18.6. The third-order valence-corrected chi connectivity index (χ3v) is 12.5. The molecule has 0 fully saturated rings. The van der Waals surface area contributed by atoms with Crippen LogP contribution < -0.4 is 5.32 Å². The van der Waals surface area contributed by atoms with Gasteiger partial charge >= 0.3 is 5.97 Å². The van der Waals surface area contributed by atoms with E-state index < -0.39 is 12.1 Å². The second-order valence-corrected chi connectivity index (χ2v) is 18.6. The first-order valence-electron chi connectivity index (χ1n) is 27.1. The second kappa shape index (κ2) is 51.0. The molecular formula is C55H105NO5. The summed E-state index contributed by atoms with van der Waals surface area (Å²) in [6, 6.07) is -0.639. The van der Waals surface area contributed by atoms with Crippen molar-refractivity contribution in [3.63, 3.8) is 0 Å². The van der Waals surface area contributed by atoms with Crippen molar-refractivity contribution in [3.8, 4) is 0 Å². The minimum Gasteiger partial charge on any atom is -0.466 e. The Hall–Kier alpha value is -1.66. The summed E-state index contributed by atoms with van der Waals surface area (Å²) in [4.78, 5) is 24.4. The van der Waals surface area contributed by atoms with Crippen molar-refractivity contribution in [1.29, 1.82) is 0 Å². The van der Waals surface area contributed by atoms with Crippen LogP contribution in [0.25, 0.3) is 0 Å². The molecule has 360 valence electrons. The van der Waals surface area contributed by atoms with Gasteiger partial charge in [-0.15, -0.1) is 0 Å². The average molecular weight is 860 g/mol. The van der Waals surface area contributed by atoms with Crippen LogP contribution in [-0.4, -0.2) is 47.4 Å². The fourth-order valence-corrected chi connectivity index (χ4v) is 8.27. The Bertz CT molecular complexity index is 951. The van der Waals surface area contributed by atoms with Gasteiger partial charge in [-0.1, -0.05) is 244 Å². The van der Waals surface area contributed by atoms with Gasteiger partial charge in [-0.3, -0.25) is 9.59 Å². The lowest BCUT2D eigenvalue weighted by molar-refractivity contribution is -0.143. The summed E-state index contributed by atoms with van der Waals surface area (Å²) in [6.07, 6.45) is 60.4. The highest BCUT2D eigenvalue weighted by Crippen LogP contribution is 2.16. The van der Waals surface area contributed by atoms with Crippen molar-refractivity contribution in [1.82, 2.24) is 5.32 Å². The number of unbranched alkanes of at least 4 members (excludes halogenated alkanes) is 37. The largest absolute Gasteiger partial charge is 0.466 e. The van der Waals surface area contributed by atoms with E-state index in [9.17, 15) is 19.8 Å². The molecule has 0 aromatic heterocycles. The van der Waals surface area contributed by atoms with E-state index >= 15 is 0 Å². The molecule has 0 radical (unpaired) electrons. The fraction of sp³-hybridized carbons (Fsp3) is 0.891. The van der Waals surface area contributed by atoms with Crippen LogP contribution in [0.5, 0.6) is 0 Å². The predicted octanol–water partition coefficient (Wildman–Crippen LogP) is 16.3. The highest BCUT2D eigenvalue weighted by atomic mass is 16.5. The van der Waals surface area contributed by atoms with Gasteiger partial charge in [0.1, 0.15) is 0 Å². The summed E-state index contributed by atoms with van der Waals surface area (Å²) in [5.41, 5.74) is 0. The van der Waals surface area contributed by atoms with Crippen molar-refractivity contribution in [2.45, 2.75) is 302 Å². The Labute approximate surface area is 380 Å². The molecule has 0 rings (SSSR count). The molecular weight excluding hydrogens is 755 g/mol. The molecule has 1 amide bonds. The predicted molar refractivity (Wildman–Crippen MR) is 264 cm³/mol. The number of nitrogens with one attached hydrogen (secondary N) is 1. The van der Waals surface area contributed by atoms with Crippen molar-refractivity contribution in [3.05, 3.63) is 24.3 Å². The number of aliphatic hydroxyl groups excluding tert-OH is 2. The van der Waals surface area contributed by atoms with Crippen molar-refractivity contribution in [2.75, 3.05) is 13.2 Å². The van der Waals surface area contributed by atoms with Gasteiger partial charge in [0, 0.05) is 12.8 Å². The van der Waals surface area contributed by atoms with Gasteiger partial charge in [0.15, 0.2) is 0 Å². The monoisotopic (exact) mass is 860 g/mol. The standard InChI is InChI=1S/C55H105NO5/c1-3-5-7-9-11-13-15-17-20-24-27-31-35-39-43-47-53(58)52(51-57)56-54(59)48-44-40-36-32-28-25-21-18-19-22-26-30-34-38-42-46-50-61-55(60)49-45-41-37-33-29-23-16-14-12-10-8-6-4-2/h18,21,43,47,52-53,57-58H,3-17,19-20,22-42,44-46,48-51H2,1-2H3,(H,56,59)/b21-18-,47-43+. The van der Waals surface area contributed by atoms with Crippen LogP contribution >= 0.6 is 0 Å². The molecule has 6 nitrogen and oxygen atoms in total. The van der Waals surface area contributed by atoms with E-state index in [0.29, 0.717) is 19.4 Å². The zero-order valence-corrected chi connectivity index (χ0v) is 40.9. The van der Waals surface area contributed by atoms with Gasteiger partial charge in [-0.2, -0.15) is 0 Å². The molecule has 6 heteroatoms. The average Bonchev–Trinajstić information content (AvgIpc) is 3.26. The first-order chi connectivity index (χ1) is 30.0. The quantitative estimate of drug-likeness (QED) is 0.0322. The van der Waals surface area contributed by atoms with Crippen LogP contribution in [0.15, 0.2) is 24.3 Å². The van der Waals surface area contributed by atoms with Crippen LogP contribution in [0.1, 0.15) is 290 Å². The lowest BCUT2D eigenvalue weighted by atomic mass is 10.0. The lowest BCUT2D eigenvalue weighted by Crippen LogP contribution is -2.45. The minimum absolute atomic E-state index is 0.00246. The van der Waals surface area contributed by atoms with Crippen LogP contribution in [0.3, 0.4) is 0 Å². The number of esters is 1. The molecule has 0 saturated heterocycles. The number of allylic oxidation sites excluding steroid dienone is 3. The van der Waals surface area contributed by atoms with E-state index in [1.54, 1.807) is 6.08 Å². The molecule has 0 heterocycles. The topological polar surface area (TPSA) is 95.9 Å². The lowest BCUT2D eigenvalue weighted by Gasteiger charge is -2.20. The summed E-state index contributed by atoms with van der Waals surface area (Å²) < 4.78 is 5.46. The summed E-state index contributed by atoms with van der Waals surface area (Å²) >= 11 is 0. The minimum atomic E-state index is -0.854. The molecule has 2 unspecified atom stereocenters. The summed E-state index contributed by atoms with van der Waals surface area (Å²) in [5.74, 6) is -0.0868. The fourth-order valence-electron chi connectivity index (χ4n) is 8.27. The molecule has 2 atom stereocenters. The van der Waals surface area contributed by atoms with E-state index in [1.807, 2.05) is 6.08 Å². The Morgan fingerprint density at radius 1 is 0.443 bits per heavy atom. The van der Waals surface area contributed by atoms with Gasteiger partial charge in [-0.05, 0) is 57.8 Å². The van der Waals surface area contributed by atoms with E-state index in [4.69, 9.17) is 4.74 Å². The molecule has 0 saturated carbocycles. The van der Waals surface area contributed by atoms with Gasteiger partial charge in [0.05, 0.1) is 25.4 Å². The van der Waals surface area contributed by atoms with Gasteiger partial charge in [0.2, 0.25) is 5.91 Å². The Morgan fingerprint density at radius 3 is 1.16 bits per heavy atom. The molecule has 0 spiro atoms. The van der Waals surface area contributed by atoms with Gasteiger partial charge < -0.3 is 20.3 Å². The van der Waals surface area contributed by atoms with Crippen molar-refractivity contribution >= 4 is 11.9 Å². The maximum atomic E-state index is 12.4. The van der Waals surface area contributed by atoms with Crippen LogP contribution in [0.4, 0.5) is 0 Å². The number of carbonyl (C=O) groups is 2. The van der Waals surface area contributed by atoms with Crippen LogP contribution in [0, 0.1) is 0 Å². The number of amides is 1. The molecule has 61 heavy (non-hydrogen) atoms. The Balaban J connectivity index is 3.50. The number of hydrogen-bond acceptors (Lipinski definition) is 5. The molecule has 0 aromatic carbocycles. The summed E-state index contributed by atoms with van der Waals surface area (Å²) in [5, 5.41) is 23.1. The zero-order valence-electron chi connectivity index (χ0n) is 40.9. The molecule has 0 bridgehead atoms. The SMILES string of the molecule is CCCCCCCCCCCCCCC/C=C/C(O)C(CO)NC(=O)CCCCCCC/C=C\CCCCCCCCCOC(=O)CCCCCCCCCCCCCCC. The van der Waals surface area contributed by atoms with E-state index in [1.165, 1.54) is 199 Å². The number of aliphatic hydroxyl groups is 2.